The lowest BCUT2D eigenvalue weighted by Crippen LogP contribution is -2.36. The van der Waals surface area contributed by atoms with Crippen molar-refractivity contribution in [3.05, 3.63) is 63.1 Å². The number of ether oxygens (including phenoxy) is 1. The zero-order valence-electron chi connectivity index (χ0n) is 13.8. The Kier molecular flexibility index (Phi) is 5.21. The predicted octanol–water partition coefficient (Wildman–Crippen LogP) is 5.99. The van der Waals surface area contributed by atoms with E-state index < -0.39 is 0 Å². The largest absolute Gasteiger partial charge is 0.487 e. The van der Waals surface area contributed by atoms with Gasteiger partial charge in [0.25, 0.3) is 0 Å². The van der Waals surface area contributed by atoms with Crippen molar-refractivity contribution in [2.45, 2.75) is 44.9 Å². The average Bonchev–Trinajstić information content (AvgIpc) is 2.82. The van der Waals surface area contributed by atoms with Crippen molar-refractivity contribution in [1.29, 1.82) is 0 Å². The van der Waals surface area contributed by atoms with E-state index in [1.165, 1.54) is 5.06 Å². The third kappa shape index (κ3) is 3.62. The van der Waals surface area contributed by atoms with E-state index in [1.54, 1.807) is 0 Å². The van der Waals surface area contributed by atoms with Crippen LogP contribution in [-0.2, 0) is 6.61 Å². The monoisotopic (exact) mass is 409 g/mol. The second-order valence-corrected chi connectivity index (χ2v) is 8.05. The van der Waals surface area contributed by atoms with Gasteiger partial charge in [-0.05, 0) is 49.9 Å². The van der Waals surface area contributed by atoms with Crippen LogP contribution in [-0.4, -0.2) is 15.8 Å². The molecule has 0 amide bonds. The summed E-state index contributed by atoms with van der Waals surface area (Å²) in [4.78, 5) is 0. The van der Waals surface area contributed by atoms with E-state index in [9.17, 15) is 5.21 Å². The summed E-state index contributed by atoms with van der Waals surface area (Å²) in [7, 11) is 0. The van der Waals surface area contributed by atoms with E-state index in [2.05, 4.69) is 15.9 Å². The highest BCUT2D eigenvalue weighted by Crippen LogP contribution is 2.45. The van der Waals surface area contributed by atoms with Gasteiger partial charge >= 0.3 is 0 Å². The van der Waals surface area contributed by atoms with Gasteiger partial charge < -0.3 is 9.94 Å². The van der Waals surface area contributed by atoms with Gasteiger partial charge in [-0.15, -0.1) is 0 Å². The van der Waals surface area contributed by atoms with Gasteiger partial charge in [-0.25, -0.2) is 0 Å². The second-order valence-electron chi connectivity index (χ2n) is 6.79. The van der Waals surface area contributed by atoms with Gasteiger partial charge in [0.2, 0.25) is 0 Å². The summed E-state index contributed by atoms with van der Waals surface area (Å²) in [5.74, 6) is 0.636. The van der Waals surface area contributed by atoms with Crippen LogP contribution in [0, 0.1) is 0 Å². The predicted molar refractivity (Wildman–Crippen MR) is 99.6 cm³/mol. The molecule has 5 heteroatoms. The lowest BCUT2D eigenvalue weighted by atomic mass is 10.0. The van der Waals surface area contributed by atoms with Crippen LogP contribution in [0.25, 0.3) is 0 Å². The van der Waals surface area contributed by atoms with Crippen LogP contribution < -0.4 is 4.74 Å². The van der Waals surface area contributed by atoms with E-state index in [-0.39, 0.29) is 11.6 Å². The molecule has 2 aromatic carbocycles. The molecular formula is C19H21BrClNO2. The molecule has 1 N–H and O–H groups in total. The SMILES string of the molecule is CC1(C)CCC(c2cc(OCc3ccccc3)c(Cl)cc2Br)N1O. The van der Waals surface area contributed by atoms with Crippen LogP contribution in [0.3, 0.4) is 0 Å². The van der Waals surface area contributed by atoms with Crippen LogP contribution in [0.15, 0.2) is 46.9 Å². The first-order chi connectivity index (χ1) is 11.4. The number of hydrogen-bond acceptors (Lipinski definition) is 3. The molecular weight excluding hydrogens is 390 g/mol. The molecule has 1 fully saturated rings. The first-order valence-electron chi connectivity index (χ1n) is 8.02. The zero-order valence-corrected chi connectivity index (χ0v) is 16.1. The van der Waals surface area contributed by atoms with E-state index in [0.717, 1.165) is 28.4 Å². The topological polar surface area (TPSA) is 32.7 Å². The lowest BCUT2D eigenvalue weighted by Gasteiger charge is -2.30. The Morgan fingerprint density at radius 1 is 1.29 bits per heavy atom. The number of rotatable bonds is 4. The summed E-state index contributed by atoms with van der Waals surface area (Å²) in [5.41, 5.74) is 1.86. The minimum Gasteiger partial charge on any atom is -0.487 e. The minimum absolute atomic E-state index is 0.0642. The molecule has 2 aromatic rings. The smallest absolute Gasteiger partial charge is 0.138 e. The first-order valence-corrected chi connectivity index (χ1v) is 9.19. The molecule has 1 unspecified atom stereocenters. The third-order valence-electron chi connectivity index (χ3n) is 4.59. The molecule has 0 aliphatic carbocycles. The van der Waals surface area contributed by atoms with Crippen LogP contribution in [0.4, 0.5) is 0 Å². The van der Waals surface area contributed by atoms with Crippen molar-refractivity contribution in [1.82, 2.24) is 5.06 Å². The van der Waals surface area contributed by atoms with Crippen LogP contribution in [0.5, 0.6) is 5.75 Å². The number of nitrogens with zero attached hydrogens (tertiary/aromatic N) is 1. The molecule has 0 radical (unpaired) electrons. The fourth-order valence-corrected chi connectivity index (χ4v) is 4.04. The number of hydroxylamine groups is 2. The highest BCUT2D eigenvalue weighted by atomic mass is 79.9. The first kappa shape index (κ1) is 17.7. The van der Waals surface area contributed by atoms with Crippen LogP contribution >= 0.6 is 27.5 Å². The van der Waals surface area contributed by atoms with Crippen LogP contribution in [0.2, 0.25) is 5.02 Å². The van der Waals surface area contributed by atoms with E-state index in [1.807, 2.05) is 56.3 Å². The minimum atomic E-state index is -0.227. The normalized spacial score (nSPS) is 20.3. The maximum absolute atomic E-state index is 10.5. The average molecular weight is 411 g/mol. The highest BCUT2D eigenvalue weighted by molar-refractivity contribution is 9.10. The number of hydrogen-bond donors (Lipinski definition) is 1. The van der Waals surface area contributed by atoms with E-state index in [0.29, 0.717) is 17.4 Å². The highest BCUT2D eigenvalue weighted by Gasteiger charge is 2.40. The maximum atomic E-state index is 10.5. The van der Waals surface area contributed by atoms with Gasteiger partial charge in [0, 0.05) is 10.0 Å². The summed E-state index contributed by atoms with van der Waals surface area (Å²) in [6.45, 7) is 4.55. The van der Waals surface area contributed by atoms with Crippen LogP contribution in [0.1, 0.15) is 43.9 Å². The Labute approximate surface area is 156 Å². The van der Waals surface area contributed by atoms with Gasteiger partial charge in [0.05, 0.1) is 11.1 Å². The van der Waals surface area contributed by atoms with E-state index in [4.69, 9.17) is 16.3 Å². The van der Waals surface area contributed by atoms with Gasteiger partial charge in [-0.1, -0.05) is 57.9 Å². The Morgan fingerprint density at radius 2 is 2.00 bits per heavy atom. The molecule has 0 spiro atoms. The number of halogens is 2. The molecule has 1 heterocycles. The van der Waals surface area contributed by atoms with Crippen molar-refractivity contribution in [3.8, 4) is 5.75 Å². The molecule has 3 rings (SSSR count). The molecule has 24 heavy (non-hydrogen) atoms. The second kappa shape index (κ2) is 7.04. The lowest BCUT2D eigenvalue weighted by molar-refractivity contribution is -0.166. The van der Waals surface area contributed by atoms with Gasteiger partial charge in [-0.2, -0.15) is 5.06 Å². The molecule has 1 aliphatic rings. The molecule has 0 aromatic heterocycles. The summed E-state index contributed by atoms with van der Waals surface area (Å²) >= 11 is 9.91. The Balaban J connectivity index is 1.84. The molecule has 128 valence electrons. The maximum Gasteiger partial charge on any atom is 0.138 e. The fraction of sp³-hybridized carbons (Fsp3) is 0.368. The zero-order chi connectivity index (χ0) is 17.3. The Bertz CT molecular complexity index is 721. The van der Waals surface area contributed by atoms with Crippen molar-refractivity contribution < 1.29 is 9.94 Å². The molecule has 1 atom stereocenters. The third-order valence-corrected chi connectivity index (χ3v) is 5.57. The van der Waals surface area contributed by atoms with Gasteiger partial charge in [-0.3, -0.25) is 0 Å². The number of benzene rings is 2. The van der Waals surface area contributed by atoms with Crippen molar-refractivity contribution in [3.63, 3.8) is 0 Å². The van der Waals surface area contributed by atoms with E-state index >= 15 is 0 Å². The van der Waals surface area contributed by atoms with Gasteiger partial charge in [0.15, 0.2) is 0 Å². The van der Waals surface area contributed by atoms with Crippen molar-refractivity contribution in [2.24, 2.45) is 0 Å². The summed E-state index contributed by atoms with van der Waals surface area (Å²) < 4.78 is 6.80. The summed E-state index contributed by atoms with van der Waals surface area (Å²) in [6.07, 6.45) is 1.82. The fourth-order valence-electron chi connectivity index (χ4n) is 3.08. The van der Waals surface area contributed by atoms with Crippen molar-refractivity contribution >= 4 is 27.5 Å². The Hall–Kier alpha value is -1.07. The van der Waals surface area contributed by atoms with Crippen molar-refractivity contribution in [2.75, 3.05) is 0 Å². The molecule has 3 nitrogen and oxygen atoms in total. The molecule has 0 bridgehead atoms. The molecule has 0 saturated carbocycles. The van der Waals surface area contributed by atoms with Gasteiger partial charge in [0.1, 0.15) is 12.4 Å². The standard InChI is InChI=1S/C19H21BrClNO2/c1-19(2)9-8-17(22(19)23)14-10-18(16(21)11-15(14)20)24-12-13-6-4-3-5-7-13/h3-7,10-11,17,23H,8-9,12H2,1-2H3. The molecule has 1 aliphatic heterocycles. The quantitative estimate of drug-likeness (QED) is 0.672. The summed E-state index contributed by atoms with van der Waals surface area (Å²) in [5, 5.41) is 12.5. The summed E-state index contributed by atoms with van der Waals surface area (Å²) in [6, 6.07) is 13.7. The Morgan fingerprint density at radius 3 is 2.62 bits per heavy atom. The molecule has 1 saturated heterocycles.